The zero-order valence-electron chi connectivity index (χ0n) is 9.98. The Kier molecular flexibility index (Phi) is 5.91. The van der Waals surface area contributed by atoms with Crippen LogP contribution in [-0.2, 0) is 0 Å². The van der Waals surface area contributed by atoms with Crippen LogP contribution in [0.1, 0.15) is 18.5 Å². The largest absolute Gasteiger partial charge is 0.395 e. The predicted molar refractivity (Wildman–Crippen MR) is 67.7 cm³/mol. The van der Waals surface area contributed by atoms with Crippen molar-refractivity contribution in [2.75, 3.05) is 19.5 Å². The van der Waals surface area contributed by atoms with E-state index in [-0.39, 0.29) is 31.1 Å². The molecule has 0 spiro atoms. The molecule has 1 aromatic carbocycles. The molecule has 0 bridgehead atoms. The van der Waals surface area contributed by atoms with Gasteiger partial charge < -0.3 is 15.5 Å². The van der Waals surface area contributed by atoms with Crippen LogP contribution < -0.4 is 5.32 Å². The maximum atomic E-state index is 13.6. The number of thioether (sulfide) groups is 1. The summed E-state index contributed by atoms with van der Waals surface area (Å²) in [5.74, 6) is -0.242. The first-order valence-corrected chi connectivity index (χ1v) is 6.66. The molecule has 0 unspecified atom stereocenters. The molecular weight excluding hydrogens is 241 g/mol. The highest BCUT2D eigenvalue weighted by Gasteiger charge is 2.13. The van der Waals surface area contributed by atoms with Crippen LogP contribution >= 0.6 is 11.8 Å². The molecule has 0 fully saturated rings. The molecule has 3 N–H and O–H groups in total. The summed E-state index contributed by atoms with van der Waals surface area (Å²) in [4.78, 5) is 0.613. The smallest absolute Gasteiger partial charge is 0.137 e. The molecule has 96 valence electrons. The Labute approximate surface area is 105 Å². The summed E-state index contributed by atoms with van der Waals surface area (Å²) in [6.45, 7) is 1.57. The molecule has 0 aliphatic heterocycles. The second kappa shape index (κ2) is 6.96. The fraction of sp³-hybridized carbons (Fsp3) is 0.500. The molecule has 0 saturated heterocycles. The average Bonchev–Trinajstić information content (AvgIpc) is 2.35. The molecule has 3 nitrogen and oxygen atoms in total. The van der Waals surface area contributed by atoms with Gasteiger partial charge in [-0.25, -0.2) is 4.39 Å². The lowest BCUT2D eigenvalue weighted by Crippen LogP contribution is -2.37. The van der Waals surface area contributed by atoms with Gasteiger partial charge in [-0.2, -0.15) is 0 Å². The minimum Gasteiger partial charge on any atom is -0.395 e. The van der Waals surface area contributed by atoms with E-state index in [2.05, 4.69) is 5.32 Å². The highest BCUT2D eigenvalue weighted by atomic mass is 32.2. The molecule has 0 aliphatic carbocycles. The predicted octanol–water partition coefficient (Wildman–Crippen LogP) is 1.55. The second-order valence-corrected chi connectivity index (χ2v) is 4.69. The van der Waals surface area contributed by atoms with Crippen molar-refractivity contribution in [1.29, 1.82) is 0 Å². The summed E-state index contributed by atoms with van der Waals surface area (Å²) >= 11 is 1.36. The summed E-state index contributed by atoms with van der Waals surface area (Å²) in [5.41, 5.74) is 0.798. The maximum absolute atomic E-state index is 13.6. The van der Waals surface area contributed by atoms with Crippen molar-refractivity contribution < 1.29 is 14.6 Å². The third-order valence-corrected chi connectivity index (χ3v) is 3.37. The van der Waals surface area contributed by atoms with E-state index in [1.165, 1.54) is 17.8 Å². The van der Waals surface area contributed by atoms with Gasteiger partial charge in [0.2, 0.25) is 0 Å². The fourth-order valence-corrected chi connectivity index (χ4v) is 2.02. The molecule has 0 saturated carbocycles. The zero-order valence-corrected chi connectivity index (χ0v) is 10.8. The molecule has 0 radical (unpaired) electrons. The van der Waals surface area contributed by atoms with Gasteiger partial charge in [0.15, 0.2) is 0 Å². The van der Waals surface area contributed by atoms with E-state index in [4.69, 9.17) is 10.2 Å². The summed E-state index contributed by atoms with van der Waals surface area (Å²) in [6, 6.07) is 4.56. The summed E-state index contributed by atoms with van der Waals surface area (Å²) < 4.78 is 13.6. The number of benzene rings is 1. The number of hydrogen-bond donors (Lipinski definition) is 3. The Balaban J connectivity index is 2.75. The molecule has 17 heavy (non-hydrogen) atoms. The molecule has 0 amide bonds. The van der Waals surface area contributed by atoms with E-state index in [9.17, 15) is 4.39 Å². The van der Waals surface area contributed by atoms with Gasteiger partial charge in [0, 0.05) is 10.9 Å². The van der Waals surface area contributed by atoms with Gasteiger partial charge in [0.25, 0.3) is 0 Å². The zero-order chi connectivity index (χ0) is 12.8. The van der Waals surface area contributed by atoms with Crippen molar-refractivity contribution in [3.8, 4) is 0 Å². The molecular formula is C12H18FNO2S. The van der Waals surface area contributed by atoms with Crippen LogP contribution in [-0.4, -0.2) is 35.7 Å². The standard InChI is InChI=1S/C12H18FNO2S/c1-8(14-10(6-15)7-16)9-3-4-12(17-2)11(13)5-9/h3-5,8,10,14-16H,6-7H2,1-2H3/t8-/m1/s1. The van der Waals surface area contributed by atoms with Gasteiger partial charge in [0.1, 0.15) is 5.82 Å². The Morgan fingerprint density at radius 2 is 2.00 bits per heavy atom. The van der Waals surface area contributed by atoms with E-state index in [0.29, 0.717) is 4.90 Å². The lowest BCUT2D eigenvalue weighted by atomic mass is 10.1. The van der Waals surface area contributed by atoms with E-state index in [0.717, 1.165) is 5.56 Å². The van der Waals surface area contributed by atoms with Crippen LogP contribution in [0.25, 0.3) is 0 Å². The van der Waals surface area contributed by atoms with E-state index < -0.39 is 0 Å². The number of aliphatic hydroxyl groups is 2. The molecule has 5 heteroatoms. The number of aliphatic hydroxyl groups excluding tert-OH is 2. The van der Waals surface area contributed by atoms with Crippen molar-refractivity contribution in [3.63, 3.8) is 0 Å². The number of rotatable bonds is 6. The number of nitrogens with one attached hydrogen (secondary N) is 1. The first-order chi connectivity index (χ1) is 8.12. The van der Waals surface area contributed by atoms with Crippen LogP contribution in [0.4, 0.5) is 4.39 Å². The Morgan fingerprint density at radius 3 is 2.47 bits per heavy atom. The van der Waals surface area contributed by atoms with Gasteiger partial charge in [-0.05, 0) is 30.9 Å². The average molecular weight is 259 g/mol. The van der Waals surface area contributed by atoms with Crippen LogP contribution in [0.5, 0.6) is 0 Å². The number of hydrogen-bond acceptors (Lipinski definition) is 4. The highest BCUT2D eigenvalue weighted by Crippen LogP contribution is 2.23. The van der Waals surface area contributed by atoms with Crippen molar-refractivity contribution in [3.05, 3.63) is 29.6 Å². The third-order valence-electron chi connectivity index (χ3n) is 2.60. The SMILES string of the molecule is CSc1ccc([C@@H](C)NC(CO)CO)cc1F. The maximum Gasteiger partial charge on any atom is 0.137 e. The lowest BCUT2D eigenvalue weighted by Gasteiger charge is -2.20. The molecule has 1 atom stereocenters. The lowest BCUT2D eigenvalue weighted by molar-refractivity contribution is 0.163. The van der Waals surface area contributed by atoms with Gasteiger partial charge in [-0.15, -0.1) is 11.8 Å². The molecule has 1 rings (SSSR count). The normalized spacial score (nSPS) is 13.1. The van der Waals surface area contributed by atoms with Crippen LogP contribution in [0.3, 0.4) is 0 Å². The molecule has 1 aromatic rings. The molecule has 0 aromatic heterocycles. The van der Waals surface area contributed by atoms with Crippen molar-refractivity contribution in [2.45, 2.75) is 23.9 Å². The topological polar surface area (TPSA) is 52.5 Å². The quantitative estimate of drug-likeness (QED) is 0.679. The minimum atomic E-state index is -0.381. The van der Waals surface area contributed by atoms with E-state index in [1.807, 2.05) is 19.2 Å². The van der Waals surface area contributed by atoms with Gasteiger partial charge in [-0.3, -0.25) is 0 Å². The third kappa shape index (κ3) is 3.96. The Morgan fingerprint density at radius 1 is 1.35 bits per heavy atom. The van der Waals surface area contributed by atoms with Crippen LogP contribution in [0.2, 0.25) is 0 Å². The van der Waals surface area contributed by atoms with Crippen molar-refractivity contribution >= 4 is 11.8 Å². The van der Waals surface area contributed by atoms with Crippen LogP contribution in [0, 0.1) is 5.82 Å². The van der Waals surface area contributed by atoms with Crippen molar-refractivity contribution in [1.82, 2.24) is 5.32 Å². The van der Waals surface area contributed by atoms with E-state index in [1.54, 1.807) is 6.07 Å². The van der Waals surface area contributed by atoms with Gasteiger partial charge in [0.05, 0.1) is 19.3 Å². The Hall–Kier alpha value is -0.620. The summed E-state index contributed by atoms with van der Waals surface area (Å²) in [5, 5.41) is 20.9. The second-order valence-electron chi connectivity index (χ2n) is 3.84. The van der Waals surface area contributed by atoms with E-state index >= 15 is 0 Å². The summed E-state index contributed by atoms with van der Waals surface area (Å²) in [7, 11) is 0. The first-order valence-electron chi connectivity index (χ1n) is 5.43. The number of halogens is 1. The Bertz CT molecular complexity index is 358. The van der Waals surface area contributed by atoms with Gasteiger partial charge >= 0.3 is 0 Å². The molecule has 0 heterocycles. The first kappa shape index (κ1) is 14.4. The minimum absolute atomic E-state index is 0.121. The molecule has 0 aliphatic rings. The fourth-order valence-electron chi connectivity index (χ4n) is 1.56. The summed E-state index contributed by atoms with van der Waals surface area (Å²) in [6.07, 6.45) is 1.83. The highest BCUT2D eigenvalue weighted by molar-refractivity contribution is 7.98. The monoisotopic (exact) mass is 259 g/mol. The van der Waals surface area contributed by atoms with Crippen molar-refractivity contribution in [2.24, 2.45) is 0 Å². The van der Waals surface area contributed by atoms with Crippen LogP contribution in [0.15, 0.2) is 23.1 Å². The van der Waals surface area contributed by atoms with Gasteiger partial charge in [-0.1, -0.05) is 6.07 Å².